The summed E-state index contributed by atoms with van der Waals surface area (Å²) < 4.78 is 33.1. The molecule has 19 heteroatoms. The number of aliphatic carboxylic acids is 1. The Morgan fingerprint density at radius 3 is 1.18 bits per heavy atom. The van der Waals surface area contributed by atoms with Gasteiger partial charge in [0.2, 0.25) is 5.91 Å². The van der Waals surface area contributed by atoms with Gasteiger partial charge in [0.15, 0.2) is 11.4 Å². The third-order valence-corrected chi connectivity index (χ3v) is 32.6. The second kappa shape index (κ2) is 36.6. The van der Waals surface area contributed by atoms with Gasteiger partial charge < -0.3 is 40.4 Å². The van der Waals surface area contributed by atoms with E-state index in [9.17, 15) is 39.2 Å². The van der Waals surface area contributed by atoms with Crippen molar-refractivity contribution in [2.45, 2.75) is 300 Å². The van der Waals surface area contributed by atoms with E-state index in [0.29, 0.717) is 137 Å². The molecule has 0 aliphatic heterocycles. The Hall–Kier alpha value is -4.08. The van der Waals surface area contributed by atoms with Gasteiger partial charge in [-0.2, -0.15) is 10.5 Å². The number of amides is 1. The normalized spacial score (nSPS) is 41.7. The average Bonchev–Trinajstić information content (AvgIpc) is 1.69. The number of halogens is 2. The number of primary amides is 1. The van der Waals surface area contributed by atoms with Gasteiger partial charge in [0.1, 0.15) is 22.5 Å². The Bertz CT molecular complexity index is 3210. The standard InChI is InChI=1S/C30H43N3O3.C24H41NO3.C24H40O4.C5H2BrN3.CH3F.3CH4/c1-4-30-13-12-29(35,19-36-5-2)15-20(30)6-7-23-24-8-9-26(28(24,3)11-10-25(23)30)27(34)14-21-17-33-22(16-31)18-32-21;2*1-4-24-13-12-23(27,15-28-5-2)14-16(24)6-7-17-18-8-9-20(21(25)26)22(18,3)11-10-19(17)24;6-5-3-8-4(1-7)2-9-5;1-2;;;/h17-18,20,23-26,35H,4-15,19H2,1-3H3;16-20,27H,4-15H2,1-3H3,(H2,25,26);16-20,27H,4-15H2,1-3H3,(H,25,26);2-3H;1H3;3*1H4/t20-,23+,24+,25+,26-,28+,29-,30+;2*16-,17+,18+,19+,20-,22+,23-,24+;;;;;/m111...../s1/i;;;;1D;;;. The number of fused-ring (bicyclic) bond motifs is 15. The number of hydrogen-bond donors (Lipinski definition) is 5. The lowest BCUT2D eigenvalue weighted by Gasteiger charge is -2.63. The van der Waals surface area contributed by atoms with Gasteiger partial charge in [0.05, 0.1) is 88.0 Å². The minimum atomic E-state index is -1.00. The lowest BCUT2D eigenvalue weighted by molar-refractivity contribution is -0.176. The summed E-state index contributed by atoms with van der Waals surface area (Å²) in [5.74, 6) is 7.70. The molecule has 0 bridgehead atoms. The molecule has 2 aromatic rings. The van der Waals surface area contributed by atoms with Crippen LogP contribution in [0.4, 0.5) is 4.39 Å². The largest absolute Gasteiger partial charge is 0.481 e. The first-order valence-electron chi connectivity index (χ1n) is 41.2. The summed E-state index contributed by atoms with van der Waals surface area (Å²) in [5, 5.41) is 60.6. The molecule has 106 heavy (non-hydrogen) atoms. The van der Waals surface area contributed by atoms with Crippen molar-refractivity contribution in [2.75, 3.05) is 46.8 Å². The van der Waals surface area contributed by atoms with Gasteiger partial charge in [0, 0.05) is 31.7 Å². The Balaban J connectivity index is 0.000000206. The molecule has 0 unspecified atom stereocenters. The first kappa shape index (κ1) is 87.5. The van der Waals surface area contributed by atoms with E-state index >= 15 is 0 Å². The number of hydrogen-bond acceptors (Lipinski definition) is 15. The number of carbonyl (C=O) groups excluding carboxylic acids is 2. The predicted molar refractivity (Wildman–Crippen MR) is 418 cm³/mol. The zero-order valence-corrected chi connectivity index (χ0v) is 65.7. The molecule has 6 N–H and O–H groups in total. The van der Waals surface area contributed by atoms with E-state index in [1.165, 1.54) is 102 Å². The van der Waals surface area contributed by atoms with Gasteiger partial charge in [-0.1, -0.05) is 63.8 Å². The molecule has 2 heterocycles. The summed E-state index contributed by atoms with van der Waals surface area (Å²) in [6.45, 7) is 23.7. The zero-order valence-electron chi connectivity index (χ0n) is 65.1. The minimum absolute atomic E-state index is 0. The van der Waals surface area contributed by atoms with E-state index < -0.39 is 29.9 Å². The third kappa shape index (κ3) is 17.0. The number of carbonyl (C=O) groups is 3. The van der Waals surface area contributed by atoms with Crippen LogP contribution in [0.5, 0.6) is 0 Å². The molecule has 12 fully saturated rings. The number of rotatable bonds is 17. The van der Waals surface area contributed by atoms with Gasteiger partial charge in [0.25, 0.3) is 0 Å². The molecule has 0 aromatic carbocycles. The number of carboxylic acid groups (broad SMARTS) is 1. The maximum Gasteiger partial charge on any atom is 0.307 e. The Kier molecular flexibility index (Phi) is 30.2. The number of nitriles is 2. The molecule has 1 amide bonds. The quantitative estimate of drug-likeness (QED) is 0.0984. The molecular formula is C87H141BrFN7O10. The number of alkyl halides is 1. The molecule has 12 saturated carbocycles. The van der Waals surface area contributed by atoms with Crippen LogP contribution < -0.4 is 5.73 Å². The number of aromatic nitrogens is 4. The smallest absolute Gasteiger partial charge is 0.307 e. The van der Waals surface area contributed by atoms with Crippen LogP contribution in [0.2, 0.25) is 0 Å². The highest BCUT2D eigenvalue weighted by molar-refractivity contribution is 9.10. The first-order chi connectivity index (χ1) is 49.6. The van der Waals surface area contributed by atoms with Crippen LogP contribution in [0.25, 0.3) is 0 Å². The summed E-state index contributed by atoms with van der Waals surface area (Å²) in [7, 11) is -1.00. The topological polar surface area (TPSA) is 285 Å². The molecule has 0 spiro atoms. The van der Waals surface area contributed by atoms with Crippen molar-refractivity contribution in [3.05, 3.63) is 46.5 Å². The van der Waals surface area contributed by atoms with Crippen molar-refractivity contribution in [1.82, 2.24) is 19.9 Å². The SMILES string of the molecule is C.C.C.CCOC[C@@]1(O)CC[C@@]2(CC)[C@H](CC[C@H]3[C@@H]4CC[C@H](C(=O)Cc5cnc(C#N)cn5)[C@@]4(C)CC[C@@H]32)C1.CCOC[C@@]1(O)CC[C@@]2(CC)[C@H](CC[C@H]3[C@@H]4CC[C@H](C(=O)O)[C@@]4(C)CC[C@@H]32)C1.CCOC[C@@]1(O)CC[C@@]2(CC)[C@H](CC[C@H]3[C@@H]4CC[C@H](C(N)=O)[C@@]4(C)CC[C@@H]32)C1.N#Cc1cnc(Br)cn1.[2H]CF. The fourth-order valence-corrected chi connectivity index (χ4v) is 27.6. The molecule has 598 valence electrons. The number of aliphatic hydroxyl groups is 3. The van der Waals surface area contributed by atoms with Crippen molar-refractivity contribution in [2.24, 2.45) is 127 Å². The van der Waals surface area contributed by atoms with Crippen LogP contribution in [-0.2, 0) is 35.0 Å². The number of ether oxygens (including phenoxy) is 3. The van der Waals surface area contributed by atoms with Gasteiger partial charge in [-0.15, -0.1) is 0 Å². The monoisotopic (exact) mass is 1540 g/mol. The maximum atomic E-state index is 13.5. The summed E-state index contributed by atoms with van der Waals surface area (Å²) in [6, 6.07) is 3.85. The van der Waals surface area contributed by atoms with Gasteiger partial charge >= 0.3 is 5.97 Å². The van der Waals surface area contributed by atoms with E-state index in [4.69, 9.17) is 31.8 Å². The summed E-state index contributed by atoms with van der Waals surface area (Å²) in [4.78, 5) is 53.5. The van der Waals surface area contributed by atoms with Gasteiger partial charge in [-0.3, -0.25) is 23.8 Å². The number of nitrogens with two attached hydrogens (primary N) is 1. The average molecular weight is 1550 g/mol. The van der Waals surface area contributed by atoms with Crippen LogP contribution in [0, 0.1) is 144 Å². The molecule has 2 aromatic heterocycles. The van der Waals surface area contributed by atoms with Crippen molar-refractivity contribution in [3.63, 3.8) is 0 Å². The van der Waals surface area contributed by atoms with Gasteiger partial charge in [-0.05, 0) is 333 Å². The highest BCUT2D eigenvalue weighted by atomic mass is 79.9. The fraction of sp³-hybridized carbons (Fsp3) is 0.851. The summed E-state index contributed by atoms with van der Waals surface area (Å²) >= 11 is 3.09. The lowest BCUT2D eigenvalue weighted by Crippen LogP contribution is -2.58. The van der Waals surface area contributed by atoms with Crippen LogP contribution in [0.3, 0.4) is 0 Å². The highest BCUT2D eigenvalue weighted by Crippen LogP contribution is 2.73. The van der Waals surface area contributed by atoms with E-state index in [1.807, 2.05) is 32.9 Å². The first-order valence-corrected chi connectivity index (χ1v) is 41.3. The van der Waals surface area contributed by atoms with Crippen LogP contribution in [0.1, 0.15) is 296 Å². The second-order valence-electron chi connectivity index (χ2n) is 35.7. The van der Waals surface area contributed by atoms with E-state index in [-0.39, 0.29) is 67.9 Å². The van der Waals surface area contributed by atoms with Crippen molar-refractivity contribution >= 4 is 33.6 Å². The molecule has 12 aliphatic carbocycles. The molecule has 0 saturated heterocycles. The van der Waals surface area contributed by atoms with E-state index in [2.05, 4.69) is 77.4 Å². The summed E-state index contributed by atoms with van der Waals surface area (Å²) in [5.41, 5.74) is 6.44. The van der Waals surface area contributed by atoms with Crippen molar-refractivity contribution in [3.8, 4) is 12.1 Å². The Morgan fingerprint density at radius 1 is 0.509 bits per heavy atom. The highest BCUT2D eigenvalue weighted by Gasteiger charge is 2.67. The molecule has 14 rings (SSSR count). The van der Waals surface area contributed by atoms with Crippen molar-refractivity contribution < 1.29 is 54.8 Å². The lowest BCUT2D eigenvalue weighted by atomic mass is 9.42. The number of Topliss-reactive ketones (excluding diaryl/α,β-unsaturated/α-hetero) is 1. The molecule has 0 radical (unpaired) electrons. The molecule has 24 atom stereocenters. The Labute approximate surface area is 648 Å². The molecule has 17 nitrogen and oxygen atoms in total. The minimum Gasteiger partial charge on any atom is -0.481 e. The van der Waals surface area contributed by atoms with E-state index in [1.54, 1.807) is 6.20 Å². The summed E-state index contributed by atoms with van der Waals surface area (Å²) in [6.07, 6.45) is 39.3. The van der Waals surface area contributed by atoms with Crippen molar-refractivity contribution in [1.29, 1.82) is 10.5 Å². The number of carboxylic acids is 1. The van der Waals surface area contributed by atoms with E-state index in [0.717, 1.165) is 127 Å². The second-order valence-corrected chi connectivity index (χ2v) is 36.5. The zero-order chi connectivity index (χ0) is 75.3. The molecule has 12 aliphatic rings. The maximum absolute atomic E-state index is 13.5. The van der Waals surface area contributed by atoms with Crippen LogP contribution >= 0.6 is 15.9 Å². The van der Waals surface area contributed by atoms with Crippen LogP contribution in [0.15, 0.2) is 29.4 Å². The number of ketones is 1. The third-order valence-electron chi connectivity index (χ3n) is 32.2. The van der Waals surface area contributed by atoms with Crippen LogP contribution in [-0.4, -0.2) is 122 Å². The number of nitrogens with zero attached hydrogens (tertiary/aromatic N) is 6. The van der Waals surface area contributed by atoms with Gasteiger partial charge in [-0.25, -0.2) is 15.0 Å². The Morgan fingerprint density at radius 2 is 0.858 bits per heavy atom. The fourth-order valence-electron chi connectivity index (χ4n) is 27.4. The predicted octanol–water partition coefficient (Wildman–Crippen LogP) is 18.1. The molecular weight excluding hydrogens is 1400 g/mol.